The van der Waals surface area contributed by atoms with E-state index in [2.05, 4.69) is 9.68 Å². The van der Waals surface area contributed by atoms with Crippen LogP contribution in [0, 0.1) is 0 Å². The predicted molar refractivity (Wildman–Crippen MR) is 52.7 cm³/mol. The molecule has 0 radical (unpaired) electrons. The van der Waals surface area contributed by atoms with Crippen molar-refractivity contribution in [3.8, 4) is 0 Å². The van der Waals surface area contributed by atoms with Crippen LogP contribution in [0.2, 0.25) is 0 Å². The Morgan fingerprint density at radius 2 is 2.07 bits per heavy atom. The van der Waals surface area contributed by atoms with Gasteiger partial charge in [-0.15, -0.1) is 0 Å². The minimum atomic E-state index is -1.01. The number of benzene rings is 1. The Morgan fingerprint density at radius 1 is 1.33 bits per heavy atom. The number of aromatic nitrogens is 1. The summed E-state index contributed by atoms with van der Waals surface area (Å²) in [4.78, 5) is 10.8. The molecule has 0 amide bonds. The van der Waals surface area contributed by atoms with Crippen LogP contribution >= 0.6 is 0 Å². The van der Waals surface area contributed by atoms with Crippen LogP contribution in [-0.4, -0.2) is 16.2 Å². The zero-order valence-corrected chi connectivity index (χ0v) is 7.88. The second kappa shape index (κ2) is 3.96. The first-order chi connectivity index (χ1) is 7.27. The van der Waals surface area contributed by atoms with E-state index in [-0.39, 0.29) is 5.56 Å². The van der Waals surface area contributed by atoms with Gasteiger partial charge < -0.3 is 9.63 Å². The second-order valence-electron chi connectivity index (χ2n) is 3.14. The highest BCUT2D eigenvalue weighted by Crippen LogP contribution is 2.12. The van der Waals surface area contributed by atoms with Gasteiger partial charge in [0.25, 0.3) is 0 Å². The molecule has 1 heterocycles. The molecule has 76 valence electrons. The molecule has 4 heteroatoms. The second-order valence-corrected chi connectivity index (χ2v) is 3.14. The van der Waals surface area contributed by atoms with Crippen LogP contribution in [0.5, 0.6) is 0 Å². The summed E-state index contributed by atoms with van der Waals surface area (Å²) in [6.07, 6.45) is 1.62. The number of carboxylic acids is 1. The number of nitrogens with zero attached hydrogens (tertiary/aromatic N) is 1. The van der Waals surface area contributed by atoms with Gasteiger partial charge in [-0.3, -0.25) is 0 Å². The molecule has 1 aromatic heterocycles. The summed E-state index contributed by atoms with van der Waals surface area (Å²) in [6.45, 7) is 0. The van der Waals surface area contributed by atoms with Gasteiger partial charge in [0.15, 0.2) is 0 Å². The molecular formula is C11H9NO3. The topological polar surface area (TPSA) is 63.3 Å². The average Bonchev–Trinajstić information content (AvgIpc) is 2.67. The summed E-state index contributed by atoms with van der Waals surface area (Å²) >= 11 is 0. The Kier molecular flexibility index (Phi) is 2.49. The standard InChI is InChI=1S/C11H9NO3/c13-11(14)9-7-15-12-10(9)6-8-4-2-1-3-5-8/h1-5,7H,6H2,(H,13,14). The Hall–Kier alpha value is -2.10. The van der Waals surface area contributed by atoms with Crippen molar-refractivity contribution in [3.63, 3.8) is 0 Å². The van der Waals surface area contributed by atoms with E-state index in [1.54, 1.807) is 0 Å². The molecule has 0 saturated carbocycles. The van der Waals surface area contributed by atoms with Gasteiger partial charge in [0.05, 0.1) is 0 Å². The highest BCUT2D eigenvalue weighted by molar-refractivity contribution is 5.88. The zero-order valence-electron chi connectivity index (χ0n) is 7.88. The minimum absolute atomic E-state index is 0.124. The van der Waals surface area contributed by atoms with Gasteiger partial charge in [-0.25, -0.2) is 4.79 Å². The number of aromatic carboxylic acids is 1. The molecule has 15 heavy (non-hydrogen) atoms. The first-order valence-electron chi connectivity index (χ1n) is 4.48. The van der Waals surface area contributed by atoms with Crippen LogP contribution in [0.3, 0.4) is 0 Å². The predicted octanol–water partition coefficient (Wildman–Crippen LogP) is 1.96. The molecule has 1 aromatic carbocycles. The van der Waals surface area contributed by atoms with Crippen molar-refractivity contribution >= 4 is 5.97 Å². The molecular weight excluding hydrogens is 194 g/mol. The Labute approximate surface area is 86.1 Å². The van der Waals surface area contributed by atoms with Crippen LogP contribution in [0.15, 0.2) is 41.1 Å². The Balaban J connectivity index is 2.25. The van der Waals surface area contributed by atoms with E-state index >= 15 is 0 Å². The maximum absolute atomic E-state index is 10.8. The average molecular weight is 203 g/mol. The fourth-order valence-corrected chi connectivity index (χ4v) is 1.35. The summed E-state index contributed by atoms with van der Waals surface area (Å²) in [5, 5.41) is 12.5. The maximum Gasteiger partial charge on any atom is 0.340 e. The van der Waals surface area contributed by atoms with Crippen molar-refractivity contribution in [2.75, 3.05) is 0 Å². The van der Waals surface area contributed by atoms with Crippen LogP contribution in [0.1, 0.15) is 21.6 Å². The molecule has 0 unspecified atom stereocenters. The van der Waals surface area contributed by atoms with Gasteiger partial charge in [-0.05, 0) is 5.56 Å². The largest absolute Gasteiger partial charge is 0.478 e. The third-order valence-electron chi connectivity index (χ3n) is 2.09. The van der Waals surface area contributed by atoms with E-state index in [0.717, 1.165) is 11.8 Å². The van der Waals surface area contributed by atoms with Crippen LogP contribution < -0.4 is 0 Å². The fourth-order valence-electron chi connectivity index (χ4n) is 1.35. The van der Waals surface area contributed by atoms with Gasteiger partial charge >= 0.3 is 5.97 Å². The third-order valence-corrected chi connectivity index (χ3v) is 2.09. The lowest BCUT2D eigenvalue weighted by atomic mass is 10.1. The van der Waals surface area contributed by atoms with Crippen molar-refractivity contribution in [2.24, 2.45) is 0 Å². The molecule has 0 bridgehead atoms. The SMILES string of the molecule is O=C(O)c1conc1Cc1ccccc1. The fraction of sp³-hybridized carbons (Fsp3) is 0.0909. The number of rotatable bonds is 3. The molecule has 0 fully saturated rings. The highest BCUT2D eigenvalue weighted by Gasteiger charge is 2.14. The molecule has 0 aliphatic carbocycles. The molecule has 2 rings (SSSR count). The quantitative estimate of drug-likeness (QED) is 0.828. The lowest BCUT2D eigenvalue weighted by Crippen LogP contribution is -2.00. The van der Waals surface area contributed by atoms with Gasteiger partial charge in [-0.1, -0.05) is 35.5 Å². The van der Waals surface area contributed by atoms with E-state index in [9.17, 15) is 4.79 Å². The summed E-state index contributed by atoms with van der Waals surface area (Å²) in [5.74, 6) is -1.01. The monoisotopic (exact) mass is 203 g/mol. The first-order valence-corrected chi connectivity index (χ1v) is 4.48. The normalized spacial score (nSPS) is 10.1. The Bertz CT molecular complexity index is 462. The van der Waals surface area contributed by atoms with Crippen molar-refractivity contribution in [2.45, 2.75) is 6.42 Å². The van der Waals surface area contributed by atoms with Crippen LogP contribution in [0.25, 0.3) is 0 Å². The molecule has 0 saturated heterocycles. The molecule has 0 aliphatic heterocycles. The number of hydrogen-bond donors (Lipinski definition) is 1. The molecule has 0 atom stereocenters. The van der Waals surface area contributed by atoms with E-state index in [1.807, 2.05) is 30.3 Å². The lowest BCUT2D eigenvalue weighted by Gasteiger charge is -1.97. The van der Waals surface area contributed by atoms with E-state index in [4.69, 9.17) is 5.11 Å². The van der Waals surface area contributed by atoms with Gasteiger partial charge in [0.1, 0.15) is 17.5 Å². The van der Waals surface area contributed by atoms with Crippen molar-refractivity contribution in [1.82, 2.24) is 5.16 Å². The highest BCUT2D eigenvalue weighted by atomic mass is 16.5. The molecule has 0 aliphatic rings. The van der Waals surface area contributed by atoms with Crippen molar-refractivity contribution < 1.29 is 14.4 Å². The smallest absolute Gasteiger partial charge is 0.340 e. The maximum atomic E-state index is 10.8. The van der Waals surface area contributed by atoms with Gasteiger partial charge in [0, 0.05) is 6.42 Å². The lowest BCUT2D eigenvalue weighted by molar-refractivity contribution is 0.0695. The van der Waals surface area contributed by atoms with E-state index in [1.165, 1.54) is 0 Å². The summed E-state index contributed by atoms with van der Waals surface area (Å²) in [6, 6.07) is 9.54. The van der Waals surface area contributed by atoms with Gasteiger partial charge in [-0.2, -0.15) is 0 Å². The zero-order chi connectivity index (χ0) is 10.7. The first kappa shape index (κ1) is 9.45. The molecule has 1 N–H and O–H groups in total. The summed E-state index contributed by atoms with van der Waals surface area (Å²) in [7, 11) is 0. The third kappa shape index (κ3) is 2.04. The molecule has 2 aromatic rings. The molecule has 0 spiro atoms. The number of hydrogen-bond acceptors (Lipinski definition) is 3. The number of carboxylic acid groups (broad SMARTS) is 1. The number of carbonyl (C=O) groups is 1. The van der Waals surface area contributed by atoms with Gasteiger partial charge in [0.2, 0.25) is 0 Å². The minimum Gasteiger partial charge on any atom is -0.478 e. The van der Waals surface area contributed by atoms with Crippen LogP contribution in [0.4, 0.5) is 0 Å². The van der Waals surface area contributed by atoms with Crippen molar-refractivity contribution in [3.05, 3.63) is 53.4 Å². The van der Waals surface area contributed by atoms with Crippen molar-refractivity contribution in [1.29, 1.82) is 0 Å². The van der Waals surface area contributed by atoms with E-state index < -0.39 is 5.97 Å². The van der Waals surface area contributed by atoms with E-state index in [0.29, 0.717) is 12.1 Å². The Morgan fingerprint density at radius 3 is 2.73 bits per heavy atom. The van der Waals surface area contributed by atoms with Crippen LogP contribution in [-0.2, 0) is 6.42 Å². The molecule has 4 nitrogen and oxygen atoms in total. The summed E-state index contributed by atoms with van der Waals surface area (Å²) < 4.78 is 4.65. The summed E-state index contributed by atoms with van der Waals surface area (Å²) in [5.41, 5.74) is 1.58.